The first-order valence-corrected chi connectivity index (χ1v) is 9.59. The van der Waals surface area contributed by atoms with Gasteiger partial charge in [0.2, 0.25) is 10.0 Å². The van der Waals surface area contributed by atoms with Gasteiger partial charge in [0.25, 0.3) is 0 Å². The second-order valence-corrected chi connectivity index (χ2v) is 8.27. The topological polar surface area (TPSA) is 72.2 Å². The van der Waals surface area contributed by atoms with Gasteiger partial charge in [0.15, 0.2) is 0 Å². The van der Waals surface area contributed by atoms with Crippen molar-refractivity contribution in [2.75, 3.05) is 17.2 Å². The van der Waals surface area contributed by atoms with Gasteiger partial charge in [-0.2, -0.15) is 0 Å². The summed E-state index contributed by atoms with van der Waals surface area (Å²) in [4.78, 5) is 0.941. The van der Waals surface area contributed by atoms with Gasteiger partial charge in [-0.15, -0.1) is 11.8 Å². The maximum absolute atomic E-state index is 12.1. The van der Waals surface area contributed by atoms with Gasteiger partial charge in [0.05, 0.1) is 5.75 Å². The number of nitrogen functional groups attached to an aromatic ring is 1. The van der Waals surface area contributed by atoms with E-state index in [1.54, 1.807) is 0 Å². The van der Waals surface area contributed by atoms with Crippen molar-refractivity contribution < 1.29 is 8.42 Å². The predicted octanol–water partition coefficient (Wildman–Crippen LogP) is 2.61. The summed E-state index contributed by atoms with van der Waals surface area (Å²) in [6.07, 6.45) is 3.90. The molecule has 0 aliphatic heterocycles. The Morgan fingerprint density at radius 2 is 2.05 bits per heavy atom. The Kier molecular flexibility index (Phi) is 4.99. The number of hydrogen-bond acceptors (Lipinski definition) is 4. The minimum atomic E-state index is -3.21. The van der Waals surface area contributed by atoms with Crippen molar-refractivity contribution in [2.24, 2.45) is 0 Å². The van der Waals surface area contributed by atoms with Gasteiger partial charge in [-0.3, -0.25) is 0 Å². The van der Waals surface area contributed by atoms with Crippen LogP contribution in [-0.2, 0) is 10.0 Å². The Hall–Kier alpha value is -0.720. The van der Waals surface area contributed by atoms with Crippen molar-refractivity contribution in [1.29, 1.82) is 0 Å². The zero-order chi connectivity index (χ0) is 14.6. The molecule has 4 nitrogen and oxygen atoms in total. The number of nitrogens with two attached hydrogens (primary N) is 1. The highest BCUT2D eigenvalue weighted by Gasteiger charge is 2.38. The van der Waals surface area contributed by atoms with Gasteiger partial charge in [0.1, 0.15) is 0 Å². The Labute approximate surface area is 125 Å². The van der Waals surface area contributed by atoms with Crippen LogP contribution in [0, 0.1) is 0 Å². The van der Waals surface area contributed by atoms with Gasteiger partial charge >= 0.3 is 0 Å². The van der Waals surface area contributed by atoms with E-state index in [1.165, 1.54) is 11.8 Å². The van der Waals surface area contributed by atoms with Crippen LogP contribution < -0.4 is 10.5 Å². The summed E-state index contributed by atoms with van der Waals surface area (Å²) in [6, 6.07) is 7.53. The van der Waals surface area contributed by atoms with Crippen LogP contribution in [0.4, 0.5) is 5.69 Å². The lowest BCUT2D eigenvalue weighted by atomic mass is 9.76. The Morgan fingerprint density at radius 3 is 2.60 bits per heavy atom. The molecule has 0 bridgehead atoms. The summed E-state index contributed by atoms with van der Waals surface area (Å²) in [5.74, 6) is 0.650. The fraction of sp³-hybridized carbons (Fsp3) is 0.571. The number of hydrogen-bond donors (Lipinski definition) is 2. The van der Waals surface area contributed by atoms with Crippen molar-refractivity contribution in [3.63, 3.8) is 0 Å². The molecule has 1 aliphatic rings. The Bertz CT molecular complexity index is 549. The molecule has 0 radical (unpaired) electrons. The van der Waals surface area contributed by atoms with Crippen LogP contribution in [-0.4, -0.2) is 25.5 Å². The smallest absolute Gasteiger partial charge is 0.212 e. The first-order valence-electron chi connectivity index (χ1n) is 6.95. The van der Waals surface area contributed by atoms with Gasteiger partial charge in [0, 0.05) is 21.9 Å². The number of thioether (sulfide) groups is 1. The zero-order valence-corrected chi connectivity index (χ0v) is 13.4. The molecule has 20 heavy (non-hydrogen) atoms. The standard InChI is InChI=1S/C14H22N2O2S2/c1-2-14(8-5-9-14)16-20(17,18)11-10-19-13-7-4-3-6-12(13)15/h3-4,6-7,16H,2,5,8-11,15H2,1H3. The molecule has 0 aromatic heterocycles. The summed E-state index contributed by atoms with van der Waals surface area (Å²) in [7, 11) is -3.21. The molecule has 0 unspecified atom stereocenters. The van der Waals surface area contributed by atoms with E-state index in [0.717, 1.165) is 30.6 Å². The average Bonchev–Trinajstić information content (AvgIpc) is 2.36. The molecule has 0 atom stereocenters. The number of sulfonamides is 1. The number of benzene rings is 1. The van der Waals surface area contributed by atoms with Crippen molar-refractivity contribution >= 4 is 27.5 Å². The molecular weight excluding hydrogens is 292 g/mol. The molecule has 1 fully saturated rings. The van der Waals surface area contributed by atoms with E-state index in [-0.39, 0.29) is 11.3 Å². The number of nitrogens with one attached hydrogen (secondary N) is 1. The van der Waals surface area contributed by atoms with Gasteiger partial charge in [-0.1, -0.05) is 19.1 Å². The van der Waals surface area contributed by atoms with Gasteiger partial charge in [-0.05, 0) is 37.8 Å². The highest BCUT2D eigenvalue weighted by Crippen LogP contribution is 2.35. The Balaban J connectivity index is 1.85. The molecule has 2 rings (SSSR count). The monoisotopic (exact) mass is 314 g/mol. The van der Waals surface area contributed by atoms with Gasteiger partial charge < -0.3 is 5.73 Å². The predicted molar refractivity (Wildman–Crippen MR) is 85.4 cm³/mol. The van der Waals surface area contributed by atoms with E-state index < -0.39 is 10.0 Å². The second kappa shape index (κ2) is 6.37. The fourth-order valence-corrected chi connectivity index (χ4v) is 5.34. The van der Waals surface area contributed by atoms with E-state index in [1.807, 2.05) is 31.2 Å². The normalized spacial score (nSPS) is 17.6. The second-order valence-electron chi connectivity index (χ2n) is 5.29. The summed E-state index contributed by atoms with van der Waals surface area (Å²) in [5.41, 5.74) is 6.37. The van der Waals surface area contributed by atoms with Crippen LogP contribution >= 0.6 is 11.8 Å². The minimum absolute atomic E-state index is 0.133. The molecule has 1 saturated carbocycles. The van der Waals surface area contributed by atoms with Crippen LogP contribution in [0.2, 0.25) is 0 Å². The molecule has 6 heteroatoms. The third-order valence-electron chi connectivity index (χ3n) is 3.89. The molecule has 1 aliphatic carbocycles. The lowest BCUT2D eigenvalue weighted by Gasteiger charge is -2.41. The molecule has 0 saturated heterocycles. The third-order valence-corrected chi connectivity index (χ3v) is 6.72. The summed E-state index contributed by atoms with van der Waals surface area (Å²) >= 11 is 1.49. The van der Waals surface area contributed by atoms with Crippen molar-refractivity contribution in [1.82, 2.24) is 4.72 Å². The van der Waals surface area contributed by atoms with E-state index >= 15 is 0 Å². The van der Waals surface area contributed by atoms with Crippen LogP contribution in [0.25, 0.3) is 0 Å². The van der Waals surface area contributed by atoms with Crippen molar-refractivity contribution in [3.05, 3.63) is 24.3 Å². The number of para-hydroxylation sites is 1. The lowest BCUT2D eigenvalue weighted by molar-refractivity contribution is 0.214. The summed E-state index contributed by atoms with van der Waals surface area (Å²) < 4.78 is 27.1. The quantitative estimate of drug-likeness (QED) is 0.599. The first kappa shape index (κ1) is 15.7. The Morgan fingerprint density at radius 1 is 1.35 bits per heavy atom. The van der Waals surface area contributed by atoms with Crippen molar-refractivity contribution in [2.45, 2.75) is 43.0 Å². The van der Waals surface area contributed by atoms with E-state index in [9.17, 15) is 8.42 Å². The maximum Gasteiger partial charge on any atom is 0.212 e. The molecule has 1 aromatic rings. The van der Waals surface area contributed by atoms with Crippen LogP contribution in [0.5, 0.6) is 0 Å². The van der Waals surface area contributed by atoms with Gasteiger partial charge in [-0.25, -0.2) is 13.1 Å². The largest absolute Gasteiger partial charge is 0.398 e. The molecular formula is C14H22N2O2S2. The highest BCUT2D eigenvalue weighted by molar-refractivity contribution is 8.00. The maximum atomic E-state index is 12.1. The third kappa shape index (κ3) is 3.90. The number of rotatable bonds is 7. The fourth-order valence-electron chi connectivity index (χ4n) is 2.39. The average molecular weight is 314 g/mol. The molecule has 3 N–H and O–H groups in total. The summed E-state index contributed by atoms with van der Waals surface area (Å²) in [6.45, 7) is 2.04. The molecule has 0 heterocycles. The zero-order valence-electron chi connectivity index (χ0n) is 11.8. The molecule has 112 valence electrons. The minimum Gasteiger partial charge on any atom is -0.398 e. The SMILES string of the molecule is CCC1(NS(=O)(=O)CCSc2ccccc2N)CCC1. The van der Waals surface area contributed by atoms with Crippen LogP contribution in [0.15, 0.2) is 29.2 Å². The molecule has 1 aromatic carbocycles. The molecule has 0 amide bonds. The highest BCUT2D eigenvalue weighted by atomic mass is 32.2. The van der Waals surface area contributed by atoms with Crippen LogP contribution in [0.3, 0.4) is 0 Å². The first-order chi connectivity index (χ1) is 9.46. The van der Waals surface area contributed by atoms with E-state index in [2.05, 4.69) is 4.72 Å². The van der Waals surface area contributed by atoms with Crippen molar-refractivity contribution in [3.8, 4) is 0 Å². The number of anilines is 1. The molecule has 0 spiro atoms. The lowest BCUT2D eigenvalue weighted by Crippen LogP contribution is -2.53. The summed E-state index contributed by atoms with van der Waals surface area (Å²) in [5, 5.41) is 0. The van der Waals surface area contributed by atoms with E-state index in [0.29, 0.717) is 11.4 Å². The van der Waals surface area contributed by atoms with E-state index in [4.69, 9.17) is 5.73 Å². The van der Waals surface area contributed by atoms with Crippen LogP contribution in [0.1, 0.15) is 32.6 Å².